The Morgan fingerprint density at radius 1 is 1.07 bits per heavy atom. The van der Waals surface area contributed by atoms with E-state index in [2.05, 4.69) is 19.9 Å². The summed E-state index contributed by atoms with van der Waals surface area (Å²) >= 11 is 0. The van der Waals surface area contributed by atoms with Crippen molar-refractivity contribution in [2.24, 2.45) is 0 Å². The van der Waals surface area contributed by atoms with Crippen molar-refractivity contribution in [3.8, 4) is 0 Å². The van der Waals surface area contributed by atoms with Crippen molar-refractivity contribution in [1.29, 1.82) is 0 Å². The van der Waals surface area contributed by atoms with Crippen LogP contribution in [-0.4, -0.2) is 19.9 Å². The Morgan fingerprint density at radius 2 is 2.07 bits per heavy atom. The standard InChI is InChI=1S/C10H6N4/c1-2-8-9(12-3-1)4-7-5-11-6-13-10(7)14-8/h1-6H. The molecule has 3 aromatic heterocycles. The number of pyridine rings is 2. The van der Waals surface area contributed by atoms with Crippen LogP contribution in [0.1, 0.15) is 0 Å². The predicted octanol–water partition coefficient (Wildman–Crippen LogP) is 1.57. The maximum absolute atomic E-state index is 4.36. The Morgan fingerprint density at radius 3 is 3.07 bits per heavy atom. The number of hydrogen-bond donors (Lipinski definition) is 0. The van der Waals surface area contributed by atoms with E-state index >= 15 is 0 Å². The Labute approximate surface area is 79.7 Å². The molecule has 0 saturated carbocycles. The van der Waals surface area contributed by atoms with Crippen LogP contribution in [0.25, 0.3) is 22.1 Å². The molecule has 3 heterocycles. The molecular formula is C10H6N4. The van der Waals surface area contributed by atoms with Crippen LogP contribution >= 0.6 is 0 Å². The Kier molecular flexibility index (Phi) is 1.41. The first kappa shape index (κ1) is 7.32. The van der Waals surface area contributed by atoms with Gasteiger partial charge in [-0.3, -0.25) is 4.98 Å². The summed E-state index contributed by atoms with van der Waals surface area (Å²) in [5.41, 5.74) is 2.44. The minimum absolute atomic E-state index is 0.709. The first-order valence-electron chi connectivity index (χ1n) is 4.25. The molecule has 0 aliphatic carbocycles. The van der Waals surface area contributed by atoms with Gasteiger partial charge in [-0.1, -0.05) is 0 Å². The Hall–Kier alpha value is -2.10. The van der Waals surface area contributed by atoms with Crippen molar-refractivity contribution in [3.63, 3.8) is 0 Å². The van der Waals surface area contributed by atoms with Crippen LogP contribution in [0.2, 0.25) is 0 Å². The largest absolute Gasteiger partial charge is 0.255 e. The molecular weight excluding hydrogens is 176 g/mol. The molecule has 3 aromatic rings. The van der Waals surface area contributed by atoms with E-state index in [9.17, 15) is 0 Å². The average Bonchev–Trinajstić information content (AvgIpc) is 2.26. The lowest BCUT2D eigenvalue weighted by Gasteiger charge is -1.97. The van der Waals surface area contributed by atoms with Gasteiger partial charge < -0.3 is 0 Å². The first-order chi connectivity index (χ1) is 6.93. The second-order valence-electron chi connectivity index (χ2n) is 2.97. The minimum atomic E-state index is 0.709. The highest BCUT2D eigenvalue weighted by atomic mass is 14.9. The molecule has 4 heteroatoms. The van der Waals surface area contributed by atoms with E-state index in [0.717, 1.165) is 16.4 Å². The second-order valence-corrected chi connectivity index (χ2v) is 2.97. The molecule has 0 bridgehead atoms. The normalized spacial score (nSPS) is 10.9. The van der Waals surface area contributed by atoms with Crippen molar-refractivity contribution in [2.75, 3.05) is 0 Å². The van der Waals surface area contributed by atoms with Crippen molar-refractivity contribution < 1.29 is 0 Å². The number of nitrogens with zero attached hydrogens (tertiary/aromatic N) is 4. The third kappa shape index (κ3) is 1.01. The predicted molar refractivity (Wildman–Crippen MR) is 52.6 cm³/mol. The second kappa shape index (κ2) is 2.70. The smallest absolute Gasteiger partial charge is 0.163 e. The highest BCUT2D eigenvalue weighted by Gasteiger charge is 1.99. The summed E-state index contributed by atoms with van der Waals surface area (Å²) in [5.74, 6) is 0. The van der Waals surface area contributed by atoms with Gasteiger partial charge in [-0.2, -0.15) is 0 Å². The molecule has 0 atom stereocenters. The summed E-state index contributed by atoms with van der Waals surface area (Å²) in [7, 11) is 0. The zero-order valence-electron chi connectivity index (χ0n) is 7.25. The third-order valence-electron chi connectivity index (χ3n) is 2.05. The lowest BCUT2D eigenvalue weighted by Crippen LogP contribution is -1.87. The lowest BCUT2D eigenvalue weighted by atomic mass is 10.2. The molecule has 0 fully saturated rings. The highest BCUT2D eigenvalue weighted by molar-refractivity contribution is 5.87. The number of fused-ring (bicyclic) bond motifs is 2. The van der Waals surface area contributed by atoms with Gasteiger partial charge >= 0.3 is 0 Å². The van der Waals surface area contributed by atoms with E-state index in [0.29, 0.717) is 5.65 Å². The maximum atomic E-state index is 4.36. The van der Waals surface area contributed by atoms with Gasteiger partial charge in [0.05, 0.1) is 11.0 Å². The van der Waals surface area contributed by atoms with Gasteiger partial charge in [-0.05, 0) is 18.2 Å². The van der Waals surface area contributed by atoms with Crippen LogP contribution in [0.4, 0.5) is 0 Å². The fourth-order valence-electron chi connectivity index (χ4n) is 1.41. The Bertz CT molecular complexity index is 501. The van der Waals surface area contributed by atoms with Crippen molar-refractivity contribution in [3.05, 3.63) is 36.9 Å². The Balaban J connectivity index is 2.52. The van der Waals surface area contributed by atoms with Gasteiger partial charge in [-0.15, -0.1) is 0 Å². The molecule has 3 rings (SSSR count). The summed E-state index contributed by atoms with van der Waals surface area (Å²) in [6.45, 7) is 0. The molecule has 66 valence electrons. The minimum Gasteiger partial charge on any atom is -0.255 e. The average molecular weight is 182 g/mol. The molecule has 0 radical (unpaired) electrons. The van der Waals surface area contributed by atoms with E-state index in [4.69, 9.17) is 0 Å². The number of rotatable bonds is 0. The summed E-state index contributed by atoms with van der Waals surface area (Å²) in [5, 5.41) is 0.915. The molecule has 14 heavy (non-hydrogen) atoms. The molecule has 0 saturated heterocycles. The quantitative estimate of drug-likeness (QED) is 0.495. The molecule has 0 amide bonds. The van der Waals surface area contributed by atoms with Crippen molar-refractivity contribution >= 4 is 22.1 Å². The lowest BCUT2D eigenvalue weighted by molar-refractivity contribution is 1.19. The van der Waals surface area contributed by atoms with Gasteiger partial charge in [-0.25, -0.2) is 15.0 Å². The number of hydrogen-bond acceptors (Lipinski definition) is 4. The van der Waals surface area contributed by atoms with Crippen LogP contribution < -0.4 is 0 Å². The SMILES string of the molecule is c1cnc2cc3cncnc3nc2c1. The van der Waals surface area contributed by atoms with Crippen LogP contribution in [-0.2, 0) is 0 Å². The fraction of sp³-hybridized carbons (Fsp3) is 0. The molecule has 0 unspecified atom stereocenters. The molecule has 0 aliphatic heterocycles. The van der Waals surface area contributed by atoms with Crippen LogP contribution in [0, 0.1) is 0 Å². The number of aromatic nitrogens is 4. The van der Waals surface area contributed by atoms with E-state index in [1.807, 2.05) is 18.2 Å². The monoisotopic (exact) mass is 182 g/mol. The zero-order chi connectivity index (χ0) is 9.38. The maximum Gasteiger partial charge on any atom is 0.163 e. The van der Waals surface area contributed by atoms with Crippen LogP contribution in [0.5, 0.6) is 0 Å². The summed E-state index contributed by atoms with van der Waals surface area (Å²) in [6.07, 6.45) is 4.99. The van der Waals surface area contributed by atoms with E-state index in [1.165, 1.54) is 6.33 Å². The summed E-state index contributed by atoms with van der Waals surface area (Å²) in [4.78, 5) is 16.6. The van der Waals surface area contributed by atoms with E-state index < -0.39 is 0 Å². The third-order valence-corrected chi connectivity index (χ3v) is 2.05. The van der Waals surface area contributed by atoms with Gasteiger partial charge in [0.2, 0.25) is 0 Å². The molecule has 0 aliphatic rings. The van der Waals surface area contributed by atoms with Gasteiger partial charge in [0, 0.05) is 17.8 Å². The van der Waals surface area contributed by atoms with Crippen molar-refractivity contribution in [2.45, 2.75) is 0 Å². The molecule has 0 spiro atoms. The zero-order valence-corrected chi connectivity index (χ0v) is 7.25. The van der Waals surface area contributed by atoms with Crippen LogP contribution in [0.15, 0.2) is 36.9 Å². The van der Waals surface area contributed by atoms with E-state index in [1.54, 1.807) is 12.4 Å². The van der Waals surface area contributed by atoms with Crippen molar-refractivity contribution in [1.82, 2.24) is 19.9 Å². The summed E-state index contributed by atoms with van der Waals surface area (Å²) in [6, 6.07) is 5.73. The van der Waals surface area contributed by atoms with E-state index in [-0.39, 0.29) is 0 Å². The van der Waals surface area contributed by atoms with Gasteiger partial charge in [0.25, 0.3) is 0 Å². The first-order valence-corrected chi connectivity index (χ1v) is 4.25. The molecule has 4 nitrogen and oxygen atoms in total. The molecule has 0 N–H and O–H groups in total. The van der Waals surface area contributed by atoms with Gasteiger partial charge in [0.1, 0.15) is 6.33 Å². The molecule has 0 aromatic carbocycles. The van der Waals surface area contributed by atoms with Crippen LogP contribution in [0.3, 0.4) is 0 Å². The highest BCUT2D eigenvalue weighted by Crippen LogP contribution is 2.14. The topological polar surface area (TPSA) is 51.6 Å². The summed E-state index contributed by atoms with van der Waals surface area (Å²) < 4.78 is 0. The van der Waals surface area contributed by atoms with Gasteiger partial charge in [0.15, 0.2) is 5.65 Å². The fourth-order valence-corrected chi connectivity index (χ4v) is 1.41.